The molecule has 1 saturated heterocycles. The maximum absolute atomic E-state index is 5.59. The summed E-state index contributed by atoms with van der Waals surface area (Å²) in [6.07, 6.45) is 0.177. The van der Waals surface area contributed by atoms with E-state index < -0.39 is 0 Å². The first-order valence-corrected chi connectivity index (χ1v) is 6.55. The van der Waals surface area contributed by atoms with E-state index in [-0.39, 0.29) is 6.10 Å². The van der Waals surface area contributed by atoms with Crippen LogP contribution in [0.2, 0.25) is 0 Å². The fraction of sp³-hybridized carbons (Fsp3) is 1.00. The van der Waals surface area contributed by atoms with E-state index in [1.165, 1.54) is 0 Å². The van der Waals surface area contributed by atoms with Crippen molar-refractivity contribution in [3.05, 3.63) is 0 Å². The van der Waals surface area contributed by atoms with Crippen LogP contribution in [-0.4, -0.2) is 83.9 Å². The van der Waals surface area contributed by atoms with Crippen LogP contribution in [0, 0.1) is 0 Å². The molecule has 0 radical (unpaired) electrons. The van der Waals surface area contributed by atoms with Gasteiger partial charge >= 0.3 is 0 Å². The first-order chi connectivity index (χ1) is 8.86. The van der Waals surface area contributed by atoms with Crippen molar-refractivity contribution < 1.29 is 18.9 Å². The molecule has 108 valence electrons. The van der Waals surface area contributed by atoms with Crippen LogP contribution in [0.25, 0.3) is 0 Å². The van der Waals surface area contributed by atoms with Gasteiger partial charge in [0.15, 0.2) is 0 Å². The normalized spacial score (nSPS) is 21.3. The van der Waals surface area contributed by atoms with Crippen LogP contribution < -0.4 is 5.73 Å². The number of rotatable bonds is 10. The van der Waals surface area contributed by atoms with Crippen molar-refractivity contribution in [3.8, 4) is 0 Å². The molecule has 6 nitrogen and oxygen atoms in total. The topological polar surface area (TPSA) is 66.2 Å². The number of nitrogens with zero attached hydrogens (tertiary/aromatic N) is 1. The largest absolute Gasteiger partial charge is 0.382 e. The summed E-state index contributed by atoms with van der Waals surface area (Å²) in [5.74, 6) is 0. The number of hydrogen-bond donors (Lipinski definition) is 1. The summed E-state index contributed by atoms with van der Waals surface area (Å²) in [4.78, 5) is 2.33. The number of morpholine rings is 1. The second kappa shape index (κ2) is 10.7. The van der Waals surface area contributed by atoms with Gasteiger partial charge in [-0.1, -0.05) is 0 Å². The van der Waals surface area contributed by atoms with Crippen molar-refractivity contribution in [3.63, 3.8) is 0 Å². The van der Waals surface area contributed by atoms with Crippen LogP contribution in [0.4, 0.5) is 0 Å². The highest BCUT2D eigenvalue weighted by atomic mass is 16.5. The van der Waals surface area contributed by atoms with Crippen molar-refractivity contribution >= 4 is 0 Å². The lowest BCUT2D eigenvalue weighted by Crippen LogP contribution is -2.46. The molecule has 18 heavy (non-hydrogen) atoms. The average molecular weight is 262 g/mol. The van der Waals surface area contributed by atoms with Crippen molar-refractivity contribution in [1.82, 2.24) is 4.90 Å². The molecule has 1 atom stereocenters. The van der Waals surface area contributed by atoms with Gasteiger partial charge in [0.1, 0.15) is 0 Å². The molecule has 1 aliphatic rings. The smallest absolute Gasteiger partial charge is 0.0824 e. The van der Waals surface area contributed by atoms with Gasteiger partial charge in [0.2, 0.25) is 0 Å². The van der Waals surface area contributed by atoms with Gasteiger partial charge < -0.3 is 24.7 Å². The van der Waals surface area contributed by atoms with Gasteiger partial charge in [0, 0.05) is 33.3 Å². The van der Waals surface area contributed by atoms with Crippen molar-refractivity contribution in [1.29, 1.82) is 0 Å². The predicted molar refractivity (Wildman–Crippen MR) is 68.7 cm³/mol. The molecule has 1 heterocycles. The van der Waals surface area contributed by atoms with E-state index in [0.29, 0.717) is 33.0 Å². The zero-order chi connectivity index (χ0) is 13.1. The molecule has 1 unspecified atom stereocenters. The Labute approximate surface area is 109 Å². The summed E-state index contributed by atoms with van der Waals surface area (Å²) in [5.41, 5.74) is 5.59. The molecule has 0 aromatic heterocycles. The van der Waals surface area contributed by atoms with Crippen LogP contribution in [0.5, 0.6) is 0 Å². The second-order valence-electron chi connectivity index (χ2n) is 4.25. The molecular formula is C12H26N2O4. The summed E-state index contributed by atoms with van der Waals surface area (Å²) >= 11 is 0. The summed E-state index contributed by atoms with van der Waals surface area (Å²) in [6.45, 7) is 7.39. The van der Waals surface area contributed by atoms with Crippen LogP contribution in [-0.2, 0) is 18.9 Å². The van der Waals surface area contributed by atoms with Crippen LogP contribution in [0.1, 0.15) is 0 Å². The quantitative estimate of drug-likeness (QED) is 0.527. The number of methoxy groups -OCH3 is 1. The minimum atomic E-state index is 0.177. The zero-order valence-electron chi connectivity index (χ0n) is 11.3. The Balaban J connectivity index is 1.88. The third-order valence-corrected chi connectivity index (χ3v) is 2.84. The van der Waals surface area contributed by atoms with Gasteiger partial charge in [0.25, 0.3) is 0 Å². The summed E-state index contributed by atoms with van der Waals surface area (Å²) in [5, 5.41) is 0. The molecule has 0 aliphatic carbocycles. The Morgan fingerprint density at radius 2 is 1.89 bits per heavy atom. The van der Waals surface area contributed by atoms with E-state index >= 15 is 0 Å². The first kappa shape index (κ1) is 15.8. The fourth-order valence-electron chi connectivity index (χ4n) is 1.78. The Kier molecular flexibility index (Phi) is 9.37. The standard InChI is InChI=1S/C12H26N2O4/c1-15-6-7-17-9-8-16-4-2-14-3-5-18-12(10-13)11-14/h12H,2-11,13H2,1H3. The molecule has 0 bridgehead atoms. The third kappa shape index (κ3) is 7.25. The van der Waals surface area contributed by atoms with E-state index in [9.17, 15) is 0 Å². The van der Waals surface area contributed by atoms with Gasteiger partial charge in [-0.2, -0.15) is 0 Å². The highest BCUT2D eigenvalue weighted by Crippen LogP contribution is 2.03. The maximum atomic E-state index is 5.59. The third-order valence-electron chi connectivity index (χ3n) is 2.84. The molecular weight excluding hydrogens is 236 g/mol. The van der Waals surface area contributed by atoms with Gasteiger partial charge in [-0.05, 0) is 0 Å². The van der Waals surface area contributed by atoms with Crippen molar-refractivity contribution in [2.45, 2.75) is 6.10 Å². The number of ether oxygens (including phenoxy) is 4. The van der Waals surface area contributed by atoms with Gasteiger partial charge in [-0.3, -0.25) is 4.90 Å². The maximum Gasteiger partial charge on any atom is 0.0824 e. The zero-order valence-corrected chi connectivity index (χ0v) is 11.3. The SMILES string of the molecule is COCCOCCOCCN1CCOC(CN)C1. The van der Waals surface area contributed by atoms with E-state index in [2.05, 4.69) is 4.90 Å². The van der Waals surface area contributed by atoms with E-state index in [4.69, 9.17) is 24.7 Å². The predicted octanol–water partition coefficient (Wildman–Crippen LogP) is -0.674. The van der Waals surface area contributed by atoms with Crippen LogP contribution in [0.3, 0.4) is 0 Å². The molecule has 0 aromatic carbocycles. The lowest BCUT2D eigenvalue weighted by atomic mass is 10.3. The molecule has 6 heteroatoms. The molecule has 0 saturated carbocycles. The minimum absolute atomic E-state index is 0.177. The van der Waals surface area contributed by atoms with Gasteiger partial charge in [-0.15, -0.1) is 0 Å². The molecule has 1 fully saturated rings. The summed E-state index contributed by atoms with van der Waals surface area (Å²) in [6, 6.07) is 0. The molecule has 0 amide bonds. The molecule has 0 aromatic rings. The fourth-order valence-corrected chi connectivity index (χ4v) is 1.78. The first-order valence-electron chi connectivity index (χ1n) is 6.55. The number of hydrogen-bond acceptors (Lipinski definition) is 6. The lowest BCUT2D eigenvalue weighted by Gasteiger charge is -2.32. The highest BCUT2D eigenvalue weighted by molar-refractivity contribution is 4.71. The minimum Gasteiger partial charge on any atom is -0.382 e. The summed E-state index contributed by atoms with van der Waals surface area (Å²) < 4.78 is 21.2. The van der Waals surface area contributed by atoms with Crippen LogP contribution >= 0.6 is 0 Å². The second-order valence-corrected chi connectivity index (χ2v) is 4.25. The van der Waals surface area contributed by atoms with E-state index in [1.54, 1.807) is 7.11 Å². The Hall–Kier alpha value is -0.240. The van der Waals surface area contributed by atoms with Crippen molar-refractivity contribution in [2.75, 3.05) is 72.9 Å². The van der Waals surface area contributed by atoms with Gasteiger partial charge in [0.05, 0.1) is 45.7 Å². The number of nitrogens with two attached hydrogens (primary N) is 1. The van der Waals surface area contributed by atoms with Gasteiger partial charge in [-0.25, -0.2) is 0 Å². The monoisotopic (exact) mass is 262 g/mol. The molecule has 1 rings (SSSR count). The lowest BCUT2D eigenvalue weighted by molar-refractivity contribution is -0.0351. The van der Waals surface area contributed by atoms with Crippen LogP contribution in [0.15, 0.2) is 0 Å². The molecule has 2 N–H and O–H groups in total. The highest BCUT2D eigenvalue weighted by Gasteiger charge is 2.18. The summed E-state index contributed by atoms with van der Waals surface area (Å²) in [7, 11) is 1.66. The Morgan fingerprint density at radius 3 is 2.61 bits per heavy atom. The Morgan fingerprint density at radius 1 is 1.17 bits per heavy atom. The molecule has 1 aliphatic heterocycles. The average Bonchev–Trinajstić information content (AvgIpc) is 2.42. The van der Waals surface area contributed by atoms with E-state index in [1.807, 2.05) is 0 Å². The van der Waals surface area contributed by atoms with E-state index in [0.717, 1.165) is 32.8 Å². The van der Waals surface area contributed by atoms with Crippen molar-refractivity contribution in [2.24, 2.45) is 5.73 Å². The Bertz CT molecular complexity index is 195. The molecule has 0 spiro atoms.